The van der Waals surface area contributed by atoms with E-state index in [-0.39, 0.29) is 41.4 Å². The maximum atomic E-state index is 13.2. The summed E-state index contributed by atoms with van der Waals surface area (Å²) in [5, 5.41) is 2.94. The first kappa shape index (κ1) is 18.6. The number of allylic oxidation sites excluding steroid dienone is 2. The van der Waals surface area contributed by atoms with Crippen LogP contribution in [0.2, 0.25) is 0 Å². The van der Waals surface area contributed by atoms with Gasteiger partial charge in [-0.05, 0) is 79.8 Å². The average molecular weight is 412 g/mol. The number of benzene rings is 2. The zero-order valence-electron chi connectivity index (χ0n) is 17.5. The minimum atomic E-state index is -0.214. The van der Waals surface area contributed by atoms with Crippen LogP contribution in [0.15, 0.2) is 54.6 Å². The fourth-order valence-electron chi connectivity index (χ4n) is 6.12. The molecule has 0 spiro atoms. The first-order chi connectivity index (χ1) is 14.9. The van der Waals surface area contributed by atoms with E-state index in [2.05, 4.69) is 17.5 Å². The van der Waals surface area contributed by atoms with Crippen molar-refractivity contribution in [1.29, 1.82) is 0 Å². The molecule has 5 nitrogen and oxygen atoms in total. The third kappa shape index (κ3) is 2.65. The van der Waals surface area contributed by atoms with Crippen LogP contribution >= 0.6 is 0 Å². The highest BCUT2D eigenvalue weighted by atomic mass is 16.2. The summed E-state index contributed by atoms with van der Waals surface area (Å²) < 4.78 is 0. The number of imide groups is 1. The standard InChI is InChI=1S/C26H24N2O3/c1-13-3-10-21(14(2)11-13)27-24(29)15-4-6-16(7-5-15)28-25(30)22-17-8-9-18(20-12-19(17)20)23(22)26(28)31/h3-11,17-20,22-23H,12H2,1-2H3,(H,27,29)/t17-,18-,19-,20-,22-,23+/m1/s1. The van der Waals surface area contributed by atoms with Crippen molar-refractivity contribution in [3.05, 3.63) is 71.3 Å². The summed E-state index contributed by atoms with van der Waals surface area (Å²) in [6.07, 6.45) is 5.50. The fraction of sp³-hybridized carbons (Fsp3) is 0.346. The summed E-state index contributed by atoms with van der Waals surface area (Å²) in [5.41, 5.74) is 3.96. The first-order valence-electron chi connectivity index (χ1n) is 11.0. The van der Waals surface area contributed by atoms with Crippen LogP contribution in [0.3, 0.4) is 0 Å². The van der Waals surface area contributed by atoms with E-state index >= 15 is 0 Å². The number of aryl methyl sites for hydroxylation is 2. The van der Waals surface area contributed by atoms with Crippen molar-refractivity contribution in [2.45, 2.75) is 20.3 Å². The molecule has 31 heavy (non-hydrogen) atoms. The van der Waals surface area contributed by atoms with E-state index in [9.17, 15) is 14.4 Å². The van der Waals surface area contributed by atoms with E-state index in [1.165, 1.54) is 4.90 Å². The number of hydrogen-bond acceptors (Lipinski definition) is 3. The molecule has 1 aliphatic heterocycles. The summed E-state index contributed by atoms with van der Waals surface area (Å²) >= 11 is 0. The van der Waals surface area contributed by atoms with Crippen molar-refractivity contribution >= 4 is 29.1 Å². The lowest BCUT2D eigenvalue weighted by atomic mass is 9.63. The normalized spacial score (nSPS) is 32.1. The van der Waals surface area contributed by atoms with Crippen LogP contribution in [-0.4, -0.2) is 17.7 Å². The SMILES string of the molecule is Cc1ccc(NC(=O)c2ccc(N3C(=O)[C@@H]4[C@@H]5C=C[C@H]([C@H]6C[C@H]56)[C@@H]4C3=O)cc2)c(C)c1. The molecule has 2 aromatic rings. The fourth-order valence-corrected chi connectivity index (χ4v) is 6.12. The van der Waals surface area contributed by atoms with Gasteiger partial charge in [-0.2, -0.15) is 0 Å². The molecule has 1 heterocycles. The topological polar surface area (TPSA) is 66.5 Å². The molecular formula is C26H24N2O3. The summed E-state index contributed by atoms with van der Waals surface area (Å²) in [4.78, 5) is 40.5. The Bertz CT molecular complexity index is 1130. The number of carbonyl (C=O) groups excluding carboxylic acids is 3. The van der Waals surface area contributed by atoms with Crippen LogP contribution in [-0.2, 0) is 9.59 Å². The molecule has 5 aliphatic rings. The predicted molar refractivity (Wildman–Crippen MR) is 118 cm³/mol. The molecule has 0 aromatic heterocycles. The van der Waals surface area contributed by atoms with E-state index in [0.29, 0.717) is 23.1 Å². The Kier molecular flexibility index (Phi) is 3.83. The molecule has 1 saturated heterocycles. The van der Waals surface area contributed by atoms with Gasteiger partial charge < -0.3 is 5.32 Å². The van der Waals surface area contributed by atoms with Gasteiger partial charge in [0.1, 0.15) is 0 Å². The second-order valence-corrected chi connectivity index (χ2v) is 9.49. The third-order valence-electron chi connectivity index (χ3n) is 7.68. The quantitative estimate of drug-likeness (QED) is 0.609. The number of nitrogens with zero attached hydrogens (tertiary/aromatic N) is 1. The Morgan fingerprint density at radius 3 is 2.10 bits per heavy atom. The van der Waals surface area contributed by atoms with Gasteiger partial charge in [-0.15, -0.1) is 0 Å². The Hall–Kier alpha value is -3.21. The molecule has 156 valence electrons. The summed E-state index contributed by atoms with van der Waals surface area (Å²) in [6, 6.07) is 12.7. The van der Waals surface area contributed by atoms with Crippen LogP contribution in [0.1, 0.15) is 27.9 Å². The average Bonchev–Trinajstić information content (AvgIpc) is 3.54. The van der Waals surface area contributed by atoms with Crippen LogP contribution in [0, 0.1) is 49.4 Å². The number of anilines is 2. The summed E-state index contributed by atoms with van der Waals surface area (Å²) in [7, 11) is 0. The minimum Gasteiger partial charge on any atom is -0.322 e. The van der Waals surface area contributed by atoms with E-state index in [4.69, 9.17) is 0 Å². The predicted octanol–water partition coefficient (Wildman–Crippen LogP) is 4.11. The lowest BCUT2D eigenvalue weighted by Crippen LogP contribution is -2.40. The molecule has 2 bridgehead atoms. The second-order valence-electron chi connectivity index (χ2n) is 9.49. The molecule has 0 radical (unpaired) electrons. The zero-order valence-corrected chi connectivity index (χ0v) is 17.5. The summed E-state index contributed by atoms with van der Waals surface area (Å²) in [5.74, 6) is 0.812. The highest BCUT2D eigenvalue weighted by Gasteiger charge is 2.67. The lowest BCUT2D eigenvalue weighted by molar-refractivity contribution is -0.124. The van der Waals surface area contributed by atoms with Gasteiger partial charge in [0.2, 0.25) is 11.8 Å². The molecule has 5 heteroatoms. The maximum absolute atomic E-state index is 13.2. The Morgan fingerprint density at radius 2 is 1.52 bits per heavy atom. The highest BCUT2D eigenvalue weighted by Crippen LogP contribution is 2.65. The molecule has 3 fully saturated rings. The van der Waals surface area contributed by atoms with Gasteiger partial charge in [0.25, 0.3) is 5.91 Å². The van der Waals surface area contributed by atoms with Crippen LogP contribution in [0.5, 0.6) is 0 Å². The Balaban J connectivity index is 1.23. The van der Waals surface area contributed by atoms with Crippen molar-refractivity contribution in [3.63, 3.8) is 0 Å². The molecule has 0 unspecified atom stereocenters. The van der Waals surface area contributed by atoms with Crippen molar-refractivity contribution < 1.29 is 14.4 Å². The first-order valence-corrected chi connectivity index (χ1v) is 11.0. The van der Waals surface area contributed by atoms with Crippen LogP contribution in [0.4, 0.5) is 11.4 Å². The van der Waals surface area contributed by atoms with Gasteiger partial charge in [0.05, 0.1) is 17.5 Å². The molecule has 6 atom stereocenters. The summed E-state index contributed by atoms with van der Waals surface area (Å²) in [6.45, 7) is 3.97. The second kappa shape index (κ2) is 6.39. The third-order valence-corrected chi connectivity index (χ3v) is 7.68. The smallest absolute Gasteiger partial charge is 0.255 e. The maximum Gasteiger partial charge on any atom is 0.255 e. The van der Waals surface area contributed by atoms with E-state index in [1.54, 1.807) is 24.3 Å². The minimum absolute atomic E-state index is 0.0767. The van der Waals surface area contributed by atoms with Crippen LogP contribution in [0.25, 0.3) is 0 Å². The number of hydrogen-bond donors (Lipinski definition) is 1. The molecule has 4 aliphatic carbocycles. The van der Waals surface area contributed by atoms with E-state index in [0.717, 1.165) is 23.2 Å². The van der Waals surface area contributed by atoms with Crippen LogP contribution < -0.4 is 10.2 Å². The van der Waals surface area contributed by atoms with Crippen molar-refractivity contribution in [2.24, 2.45) is 35.5 Å². The number of carbonyl (C=O) groups is 3. The van der Waals surface area contributed by atoms with Gasteiger partial charge >= 0.3 is 0 Å². The van der Waals surface area contributed by atoms with E-state index < -0.39 is 0 Å². The Labute approximate surface area is 181 Å². The largest absolute Gasteiger partial charge is 0.322 e. The zero-order chi connectivity index (χ0) is 21.4. The molecular weight excluding hydrogens is 388 g/mol. The number of nitrogens with one attached hydrogen (secondary N) is 1. The molecule has 1 N–H and O–H groups in total. The molecule has 3 amide bonds. The van der Waals surface area contributed by atoms with Gasteiger partial charge in [-0.1, -0.05) is 29.8 Å². The van der Waals surface area contributed by atoms with Gasteiger partial charge in [0, 0.05) is 11.3 Å². The van der Waals surface area contributed by atoms with Crippen molar-refractivity contribution in [2.75, 3.05) is 10.2 Å². The molecule has 2 aromatic carbocycles. The van der Waals surface area contributed by atoms with E-state index in [1.807, 2.05) is 32.0 Å². The molecule has 2 saturated carbocycles. The van der Waals surface area contributed by atoms with Gasteiger partial charge in [-0.3, -0.25) is 19.3 Å². The molecule has 7 rings (SSSR count). The number of rotatable bonds is 3. The van der Waals surface area contributed by atoms with Crippen molar-refractivity contribution in [3.8, 4) is 0 Å². The van der Waals surface area contributed by atoms with Gasteiger partial charge in [0.15, 0.2) is 0 Å². The monoisotopic (exact) mass is 412 g/mol. The van der Waals surface area contributed by atoms with Crippen molar-refractivity contribution in [1.82, 2.24) is 0 Å². The lowest BCUT2D eigenvalue weighted by Gasteiger charge is -2.37. The van der Waals surface area contributed by atoms with Gasteiger partial charge in [-0.25, -0.2) is 0 Å². The number of amides is 3. The highest BCUT2D eigenvalue weighted by molar-refractivity contribution is 6.22. The Morgan fingerprint density at radius 1 is 0.903 bits per heavy atom.